The molecule has 0 saturated carbocycles. The van der Waals surface area contributed by atoms with Crippen molar-refractivity contribution in [3.8, 4) is 5.75 Å². The van der Waals surface area contributed by atoms with E-state index in [1.54, 1.807) is 42.5 Å². The molecule has 0 N–H and O–H groups in total. The molecule has 1 unspecified atom stereocenters. The molecule has 1 aliphatic heterocycles. The number of thiazole rings is 1. The van der Waals surface area contributed by atoms with Crippen molar-refractivity contribution in [1.29, 1.82) is 0 Å². The van der Waals surface area contributed by atoms with Gasteiger partial charge >= 0.3 is 11.9 Å². The zero-order chi connectivity index (χ0) is 24.4. The van der Waals surface area contributed by atoms with Crippen LogP contribution in [0.2, 0.25) is 0 Å². The van der Waals surface area contributed by atoms with E-state index in [1.807, 2.05) is 24.4 Å². The first-order chi connectivity index (χ1) is 16.3. The van der Waals surface area contributed by atoms with Crippen LogP contribution in [-0.2, 0) is 14.3 Å². The number of nitrogens with zero attached hydrogens (tertiary/aromatic N) is 2. The number of esters is 2. The summed E-state index contributed by atoms with van der Waals surface area (Å²) in [7, 11) is 0. The summed E-state index contributed by atoms with van der Waals surface area (Å²) in [6.45, 7) is 8.66. The molecule has 0 saturated heterocycles. The van der Waals surface area contributed by atoms with Crippen molar-refractivity contribution in [3.63, 3.8) is 0 Å². The molecule has 2 aromatic heterocycles. The van der Waals surface area contributed by atoms with Crippen LogP contribution in [0.4, 0.5) is 0 Å². The van der Waals surface area contributed by atoms with Gasteiger partial charge < -0.3 is 9.47 Å². The smallest absolute Gasteiger partial charge is 0.338 e. The van der Waals surface area contributed by atoms with Crippen molar-refractivity contribution in [3.05, 3.63) is 95.3 Å². The van der Waals surface area contributed by atoms with Crippen LogP contribution in [0.15, 0.2) is 69.4 Å². The first-order valence-electron chi connectivity index (χ1n) is 10.4. The zero-order valence-corrected chi connectivity index (χ0v) is 20.5. The summed E-state index contributed by atoms with van der Waals surface area (Å²) in [5.74, 6) is -0.638. The molecule has 0 fully saturated rings. The van der Waals surface area contributed by atoms with E-state index in [4.69, 9.17) is 9.47 Å². The molecule has 1 aromatic carbocycles. The van der Waals surface area contributed by atoms with E-state index in [0.717, 1.165) is 10.4 Å². The number of aromatic nitrogens is 1. The lowest BCUT2D eigenvalue weighted by molar-refractivity contribution is -0.138. The van der Waals surface area contributed by atoms with Crippen molar-refractivity contribution < 1.29 is 19.1 Å². The topological polar surface area (TPSA) is 87.0 Å². The van der Waals surface area contributed by atoms with Gasteiger partial charge in [-0.25, -0.2) is 9.79 Å². The highest BCUT2D eigenvalue weighted by Gasteiger charge is 2.33. The summed E-state index contributed by atoms with van der Waals surface area (Å²) in [4.78, 5) is 43.9. The minimum atomic E-state index is -0.744. The van der Waals surface area contributed by atoms with Crippen molar-refractivity contribution in [1.82, 2.24) is 4.57 Å². The molecular weight excluding hydrogens is 472 g/mol. The highest BCUT2D eigenvalue weighted by Crippen LogP contribution is 2.31. The Morgan fingerprint density at radius 2 is 1.94 bits per heavy atom. The Morgan fingerprint density at radius 1 is 1.21 bits per heavy atom. The molecule has 0 radical (unpaired) electrons. The van der Waals surface area contributed by atoms with Gasteiger partial charge in [0.2, 0.25) is 0 Å². The fourth-order valence-corrected chi connectivity index (χ4v) is 5.61. The first kappa shape index (κ1) is 23.6. The quantitative estimate of drug-likeness (QED) is 0.298. The van der Waals surface area contributed by atoms with Crippen LogP contribution < -0.4 is 19.6 Å². The monoisotopic (exact) mass is 494 g/mol. The number of ether oxygens (including phenoxy) is 2. The van der Waals surface area contributed by atoms with Gasteiger partial charge in [0, 0.05) is 11.8 Å². The molecule has 4 rings (SSSR count). The van der Waals surface area contributed by atoms with Crippen LogP contribution in [0.25, 0.3) is 6.08 Å². The summed E-state index contributed by atoms with van der Waals surface area (Å²) in [6.07, 6.45) is 3.34. The van der Waals surface area contributed by atoms with Gasteiger partial charge in [0.25, 0.3) is 5.56 Å². The third kappa shape index (κ3) is 4.57. The predicted octanol–water partition coefficient (Wildman–Crippen LogP) is 3.26. The lowest BCUT2D eigenvalue weighted by atomic mass is 9.96. The summed E-state index contributed by atoms with van der Waals surface area (Å²) >= 11 is 2.83. The zero-order valence-electron chi connectivity index (χ0n) is 18.9. The number of rotatable bonds is 6. The van der Waals surface area contributed by atoms with Crippen molar-refractivity contribution in [2.45, 2.75) is 26.8 Å². The van der Waals surface area contributed by atoms with Gasteiger partial charge in [0.05, 0.1) is 21.8 Å². The molecule has 0 aliphatic carbocycles. The van der Waals surface area contributed by atoms with Crippen molar-refractivity contribution in [2.75, 3.05) is 6.61 Å². The normalized spacial score (nSPS) is 15.5. The van der Waals surface area contributed by atoms with E-state index in [-0.39, 0.29) is 17.7 Å². The number of hydrogen-bond acceptors (Lipinski definition) is 8. The second kappa shape index (κ2) is 9.74. The minimum absolute atomic E-state index is 0.0375. The molecule has 0 amide bonds. The number of aryl methyl sites for hydroxylation is 1. The molecule has 0 bridgehead atoms. The standard InChI is InChI=1S/C25H22N2O5S2/c1-5-11-31-24(30)21-15(3)26-25-27(22(21)17-6-8-18(9-7-17)32-16(4)28)23(29)20(34-25)13-19-14(2)10-12-33-19/h5-10,12-13,22H,1,11H2,2-4H3/b20-13-. The second-order valence-corrected chi connectivity index (χ2v) is 9.56. The summed E-state index contributed by atoms with van der Waals surface area (Å²) in [5.41, 5.74) is 2.25. The van der Waals surface area contributed by atoms with E-state index in [2.05, 4.69) is 11.6 Å². The van der Waals surface area contributed by atoms with Gasteiger partial charge in [-0.1, -0.05) is 36.1 Å². The van der Waals surface area contributed by atoms with Crippen LogP contribution >= 0.6 is 22.7 Å². The number of fused-ring (bicyclic) bond motifs is 1. The van der Waals surface area contributed by atoms with Crippen molar-refractivity contribution in [2.24, 2.45) is 4.99 Å². The molecule has 1 aliphatic rings. The maximum atomic E-state index is 13.6. The highest BCUT2D eigenvalue weighted by atomic mass is 32.1. The summed E-state index contributed by atoms with van der Waals surface area (Å²) in [5, 5.41) is 1.98. The SMILES string of the molecule is C=CCOC(=O)C1=C(C)N=c2s/c(=C\c3sccc3C)c(=O)n2C1c1ccc(OC(C)=O)cc1. The number of benzene rings is 1. The minimum Gasteiger partial charge on any atom is -0.458 e. The van der Waals surface area contributed by atoms with Gasteiger partial charge in [-0.2, -0.15) is 0 Å². The fourth-order valence-electron chi connectivity index (χ4n) is 3.65. The Kier molecular flexibility index (Phi) is 6.76. The molecule has 174 valence electrons. The molecule has 34 heavy (non-hydrogen) atoms. The fraction of sp³-hybridized carbons (Fsp3) is 0.200. The van der Waals surface area contributed by atoms with Crippen LogP contribution in [-0.4, -0.2) is 23.1 Å². The number of hydrogen-bond donors (Lipinski definition) is 0. The third-order valence-corrected chi connectivity index (χ3v) is 7.14. The van der Waals surface area contributed by atoms with E-state index in [9.17, 15) is 14.4 Å². The van der Waals surface area contributed by atoms with Crippen molar-refractivity contribution >= 4 is 40.7 Å². The maximum Gasteiger partial charge on any atom is 0.338 e. The summed E-state index contributed by atoms with van der Waals surface area (Å²) in [6, 6.07) is 7.96. The average Bonchev–Trinajstić information content (AvgIpc) is 3.34. The van der Waals surface area contributed by atoms with E-state index in [0.29, 0.717) is 26.3 Å². The lowest BCUT2D eigenvalue weighted by Gasteiger charge is -2.24. The van der Waals surface area contributed by atoms with Gasteiger partial charge in [-0.05, 0) is 54.6 Å². The van der Waals surface area contributed by atoms with Gasteiger partial charge in [-0.3, -0.25) is 14.2 Å². The van der Waals surface area contributed by atoms with Crippen LogP contribution in [0.1, 0.15) is 35.9 Å². The lowest BCUT2D eigenvalue weighted by Crippen LogP contribution is -2.39. The highest BCUT2D eigenvalue weighted by molar-refractivity contribution is 7.11. The molecule has 9 heteroatoms. The van der Waals surface area contributed by atoms with Gasteiger partial charge in [-0.15, -0.1) is 11.3 Å². The molecular formula is C25H22N2O5S2. The van der Waals surface area contributed by atoms with E-state index < -0.39 is 18.0 Å². The second-order valence-electron chi connectivity index (χ2n) is 7.60. The van der Waals surface area contributed by atoms with Crippen LogP contribution in [0, 0.1) is 6.92 Å². The van der Waals surface area contributed by atoms with Gasteiger partial charge in [0.15, 0.2) is 4.80 Å². The Balaban J connectivity index is 1.90. The number of carbonyl (C=O) groups is 2. The van der Waals surface area contributed by atoms with E-state index >= 15 is 0 Å². The maximum absolute atomic E-state index is 13.6. The Morgan fingerprint density at radius 3 is 2.56 bits per heavy atom. The van der Waals surface area contributed by atoms with Gasteiger partial charge in [0.1, 0.15) is 12.4 Å². The first-order valence-corrected chi connectivity index (χ1v) is 12.1. The Labute approximate surface area is 203 Å². The molecule has 7 nitrogen and oxygen atoms in total. The largest absolute Gasteiger partial charge is 0.458 e. The van der Waals surface area contributed by atoms with Crippen LogP contribution in [0.5, 0.6) is 5.75 Å². The summed E-state index contributed by atoms with van der Waals surface area (Å²) < 4.78 is 12.5. The molecule has 1 atom stereocenters. The predicted molar refractivity (Wildman–Crippen MR) is 132 cm³/mol. The molecule has 3 aromatic rings. The third-order valence-electron chi connectivity index (χ3n) is 5.20. The molecule has 0 spiro atoms. The van der Waals surface area contributed by atoms with Crippen LogP contribution in [0.3, 0.4) is 0 Å². The van der Waals surface area contributed by atoms with E-state index in [1.165, 1.54) is 28.9 Å². The number of allylic oxidation sites excluding steroid dienone is 1. The Bertz CT molecular complexity index is 1490. The molecule has 3 heterocycles. The average molecular weight is 495 g/mol. The Hall–Kier alpha value is -3.56. The number of thiophene rings is 1. The number of carbonyl (C=O) groups excluding carboxylic acids is 2.